The summed E-state index contributed by atoms with van der Waals surface area (Å²) in [5, 5.41) is 8.24. The molecule has 3 heterocycles. The Balaban J connectivity index is 1.53. The van der Waals surface area contributed by atoms with E-state index in [1.54, 1.807) is 104 Å². The number of fused-ring (bicyclic) bond motifs is 1. The zero-order valence-electron chi connectivity index (χ0n) is 32.3. The van der Waals surface area contributed by atoms with Crippen LogP contribution in [-0.4, -0.2) is 81.3 Å². The van der Waals surface area contributed by atoms with E-state index >= 15 is 0 Å². The topological polar surface area (TPSA) is 145 Å². The highest BCUT2D eigenvalue weighted by atomic mass is 31.2. The Morgan fingerprint density at radius 2 is 1.64 bits per heavy atom. The van der Waals surface area contributed by atoms with E-state index in [2.05, 4.69) is 10.4 Å². The van der Waals surface area contributed by atoms with Gasteiger partial charge in [-0.25, -0.2) is 14.5 Å². The van der Waals surface area contributed by atoms with E-state index < -0.39 is 30.5 Å². The molecule has 0 spiro atoms. The van der Waals surface area contributed by atoms with Gasteiger partial charge < -0.3 is 29.0 Å². The van der Waals surface area contributed by atoms with Crippen LogP contribution >= 0.6 is 7.14 Å². The molecule has 1 aliphatic rings. The van der Waals surface area contributed by atoms with Crippen LogP contribution in [0.3, 0.4) is 0 Å². The van der Waals surface area contributed by atoms with Gasteiger partial charge in [-0.3, -0.25) is 4.79 Å². The average molecular weight is 747 g/mol. The number of hydrogen-bond donors (Lipinski definition) is 1. The van der Waals surface area contributed by atoms with Gasteiger partial charge in [0.1, 0.15) is 24.4 Å². The fraction of sp³-hybridized carbons (Fsp3) is 0.462. The quantitative estimate of drug-likeness (QED) is 0.176. The summed E-state index contributed by atoms with van der Waals surface area (Å²) in [6.07, 6.45) is 1.65. The highest BCUT2D eigenvalue weighted by Crippen LogP contribution is 2.36. The summed E-state index contributed by atoms with van der Waals surface area (Å²) >= 11 is 0. The summed E-state index contributed by atoms with van der Waals surface area (Å²) in [5.74, 6) is 0.220. The van der Waals surface area contributed by atoms with Gasteiger partial charge in [-0.1, -0.05) is 32.0 Å². The van der Waals surface area contributed by atoms with Crippen molar-refractivity contribution in [2.75, 3.05) is 36.6 Å². The maximum atomic E-state index is 14.2. The fourth-order valence-corrected chi connectivity index (χ4v) is 6.67. The molecule has 0 radical (unpaired) electrons. The Labute approximate surface area is 311 Å². The van der Waals surface area contributed by atoms with Gasteiger partial charge in [0.2, 0.25) is 5.88 Å². The third-order valence-corrected chi connectivity index (χ3v) is 9.86. The summed E-state index contributed by atoms with van der Waals surface area (Å²) < 4.78 is 32.1. The third kappa shape index (κ3) is 9.95. The number of anilines is 3. The van der Waals surface area contributed by atoms with Gasteiger partial charge >= 0.3 is 12.2 Å². The number of aromatic nitrogens is 3. The van der Waals surface area contributed by atoms with Crippen LogP contribution in [0.15, 0.2) is 60.8 Å². The standard InChI is InChI=1S/C39H51N6O7P/c1-25(2)31-23-40-45-33(22-32(42-34(31)45)50-29-15-12-20-43(24-29)36(47)51-38(3,4)5)44(37(48)52-39(6,7)8)28-14-11-13-27(21-28)41-35(46)26-16-18-30(19-17-26)53(9,10)49/h11,13-14,16-19,21-23,25,29H,12,15,20,24H2,1-10H3,(H,41,46)/t29-/m0/s1. The molecule has 13 nitrogen and oxygen atoms in total. The maximum Gasteiger partial charge on any atom is 0.420 e. The highest BCUT2D eigenvalue weighted by Gasteiger charge is 2.32. The molecule has 1 aliphatic heterocycles. The Morgan fingerprint density at radius 1 is 0.962 bits per heavy atom. The zero-order chi connectivity index (χ0) is 38.9. The minimum atomic E-state index is -2.48. The molecule has 14 heteroatoms. The summed E-state index contributed by atoms with van der Waals surface area (Å²) in [5.41, 5.74) is 1.07. The van der Waals surface area contributed by atoms with Crippen LogP contribution in [0.25, 0.3) is 5.65 Å². The van der Waals surface area contributed by atoms with Crippen molar-refractivity contribution >= 4 is 53.4 Å². The van der Waals surface area contributed by atoms with Crippen LogP contribution in [0.4, 0.5) is 26.8 Å². The van der Waals surface area contributed by atoms with E-state index in [4.69, 9.17) is 19.2 Å². The van der Waals surface area contributed by atoms with E-state index in [0.29, 0.717) is 59.6 Å². The molecule has 0 aliphatic carbocycles. The molecular formula is C39H51N6O7P. The van der Waals surface area contributed by atoms with Gasteiger partial charge in [-0.2, -0.15) is 14.6 Å². The van der Waals surface area contributed by atoms with E-state index in [1.807, 2.05) is 34.6 Å². The summed E-state index contributed by atoms with van der Waals surface area (Å²) in [4.78, 5) is 48.3. The minimum Gasteiger partial charge on any atom is -0.472 e. The predicted octanol–water partition coefficient (Wildman–Crippen LogP) is 8.20. The van der Waals surface area contributed by atoms with Crippen molar-refractivity contribution in [1.82, 2.24) is 19.5 Å². The second-order valence-electron chi connectivity index (χ2n) is 16.0. The lowest BCUT2D eigenvalue weighted by atomic mass is 10.1. The molecule has 1 atom stereocenters. The number of rotatable bonds is 8. The Morgan fingerprint density at radius 3 is 2.26 bits per heavy atom. The molecule has 1 fully saturated rings. The second-order valence-corrected chi connectivity index (χ2v) is 19.2. The first-order chi connectivity index (χ1) is 24.7. The number of carbonyl (C=O) groups excluding carboxylic acids is 3. The monoisotopic (exact) mass is 746 g/mol. The number of likely N-dealkylation sites (tertiary alicyclic amines) is 1. The van der Waals surface area contributed by atoms with Gasteiger partial charge in [0.05, 0.1) is 18.4 Å². The van der Waals surface area contributed by atoms with Crippen LogP contribution in [-0.2, 0) is 14.0 Å². The Kier molecular flexibility index (Phi) is 11.3. The largest absolute Gasteiger partial charge is 0.472 e. The van der Waals surface area contributed by atoms with Crippen molar-refractivity contribution in [2.24, 2.45) is 0 Å². The number of nitrogens with zero attached hydrogens (tertiary/aromatic N) is 5. The van der Waals surface area contributed by atoms with Gasteiger partial charge in [0.15, 0.2) is 11.5 Å². The molecule has 1 saturated heterocycles. The smallest absolute Gasteiger partial charge is 0.420 e. The number of amides is 3. The number of benzene rings is 2. The van der Waals surface area contributed by atoms with E-state index in [-0.39, 0.29) is 23.8 Å². The molecule has 5 rings (SSSR count). The summed E-state index contributed by atoms with van der Waals surface area (Å²) in [6.45, 7) is 19.1. The Hall–Kier alpha value is -4.90. The normalized spacial score (nSPS) is 15.3. The SMILES string of the molecule is CC(C)c1cnn2c(N(C(=O)OC(C)(C)C)c3cccc(NC(=O)c4ccc(P(C)(C)=O)cc4)c3)cc(O[C@H]3CCCN(C(=O)OC(C)(C)C)C3)nc12. The molecular weight excluding hydrogens is 695 g/mol. The number of ether oxygens (including phenoxy) is 3. The summed E-state index contributed by atoms with van der Waals surface area (Å²) in [6, 6.07) is 15.1. The first-order valence-corrected chi connectivity index (χ1v) is 20.4. The van der Waals surface area contributed by atoms with Crippen molar-refractivity contribution in [3.63, 3.8) is 0 Å². The van der Waals surface area contributed by atoms with Crippen molar-refractivity contribution in [1.29, 1.82) is 0 Å². The van der Waals surface area contributed by atoms with Crippen molar-refractivity contribution in [3.05, 3.63) is 71.9 Å². The number of hydrogen-bond acceptors (Lipinski definition) is 9. The third-order valence-electron chi connectivity index (χ3n) is 8.31. The first-order valence-electron chi connectivity index (χ1n) is 17.8. The number of carbonyl (C=O) groups is 3. The van der Waals surface area contributed by atoms with Gasteiger partial charge in [0, 0.05) is 34.7 Å². The lowest BCUT2D eigenvalue weighted by Gasteiger charge is -2.34. The lowest BCUT2D eigenvalue weighted by Crippen LogP contribution is -2.46. The molecule has 284 valence electrons. The molecule has 0 unspecified atom stereocenters. The molecule has 0 saturated carbocycles. The molecule has 3 amide bonds. The summed E-state index contributed by atoms with van der Waals surface area (Å²) in [7, 11) is -2.48. The predicted molar refractivity (Wildman–Crippen MR) is 207 cm³/mol. The Bertz CT molecular complexity index is 2020. The van der Waals surface area contributed by atoms with Crippen LogP contribution in [0.5, 0.6) is 5.88 Å². The molecule has 0 bridgehead atoms. The number of nitrogens with one attached hydrogen (secondary N) is 1. The number of piperidine rings is 1. The molecule has 2 aromatic carbocycles. The zero-order valence-corrected chi connectivity index (χ0v) is 33.2. The molecule has 4 aromatic rings. The van der Waals surface area contributed by atoms with Crippen LogP contribution in [0, 0.1) is 0 Å². The van der Waals surface area contributed by atoms with E-state index in [0.717, 1.165) is 5.56 Å². The van der Waals surface area contributed by atoms with E-state index in [9.17, 15) is 18.9 Å². The molecule has 1 N–H and O–H groups in total. The van der Waals surface area contributed by atoms with Gasteiger partial charge in [-0.15, -0.1) is 0 Å². The first kappa shape index (κ1) is 39.3. The minimum absolute atomic E-state index is 0.0459. The molecule has 2 aromatic heterocycles. The molecule has 53 heavy (non-hydrogen) atoms. The van der Waals surface area contributed by atoms with Crippen molar-refractivity contribution in [3.8, 4) is 5.88 Å². The second kappa shape index (κ2) is 15.2. The van der Waals surface area contributed by atoms with Crippen LogP contribution in [0.1, 0.15) is 90.1 Å². The maximum absolute atomic E-state index is 14.2. The average Bonchev–Trinajstić information content (AvgIpc) is 3.48. The lowest BCUT2D eigenvalue weighted by molar-refractivity contribution is 0.00720. The van der Waals surface area contributed by atoms with Crippen LogP contribution in [0.2, 0.25) is 0 Å². The van der Waals surface area contributed by atoms with Crippen molar-refractivity contribution in [2.45, 2.75) is 91.5 Å². The van der Waals surface area contributed by atoms with Crippen LogP contribution < -0.4 is 20.3 Å². The highest BCUT2D eigenvalue weighted by molar-refractivity contribution is 7.70. The fourth-order valence-electron chi connectivity index (χ4n) is 5.80. The van der Waals surface area contributed by atoms with Crippen molar-refractivity contribution < 1.29 is 33.2 Å². The van der Waals surface area contributed by atoms with Gasteiger partial charge in [-0.05, 0) is 104 Å². The van der Waals surface area contributed by atoms with Gasteiger partial charge in [0.25, 0.3) is 5.91 Å². The van der Waals surface area contributed by atoms with E-state index in [1.165, 1.54) is 4.90 Å².